The predicted molar refractivity (Wildman–Crippen MR) is 150 cm³/mol. The number of urea groups is 1. The van der Waals surface area contributed by atoms with Crippen LogP contribution in [0, 0.1) is 11.3 Å². The maximum atomic E-state index is 14.4. The molecular weight excluding hydrogens is 532 g/mol. The molecule has 1 aromatic heterocycles. The number of piperidine rings is 1. The van der Waals surface area contributed by atoms with Gasteiger partial charge in [-0.1, -0.05) is 35.9 Å². The van der Waals surface area contributed by atoms with E-state index in [1.165, 1.54) is 6.07 Å². The summed E-state index contributed by atoms with van der Waals surface area (Å²) in [7, 11) is 1.57. The maximum Gasteiger partial charge on any atom is 0.335 e. The summed E-state index contributed by atoms with van der Waals surface area (Å²) < 4.78 is 7.13. The molecule has 40 heavy (non-hydrogen) atoms. The number of methoxy groups -OCH3 is 1. The SMILES string of the molecule is COc1ccc(C[C@]2(CN3C[C@H]4C[C@@H](C3)c3cccc(=O)n3C4)C(=O)NC(=O)N(c3cccc(Cl)c3)C2=O)cc1. The Morgan fingerprint density at radius 1 is 0.975 bits per heavy atom. The maximum absolute atomic E-state index is 14.4. The van der Waals surface area contributed by atoms with Crippen molar-refractivity contribution in [2.75, 3.05) is 31.6 Å². The minimum absolute atomic E-state index is 0.00543. The first kappa shape index (κ1) is 26.3. The van der Waals surface area contributed by atoms with Crippen LogP contribution in [0.3, 0.4) is 0 Å². The molecule has 4 amide bonds. The van der Waals surface area contributed by atoms with Crippen LogP contribution in [0.15, 0.2) is 71.5 Å². The number of aromatic nitrogens is 1. The first-order valence-electron chi connectivity index (χ1n) is 13.3. The highest BCUT2D eigenvalue weighted by atomic mass is 35.5. The standard InChI is InChI=1S/C30H29ClN4O5/c1-40-24-10-8-19(9-11-24)14-30(27(37)32-29(39)35(28(30)38)23-5-2-4-22(31)13-23)18-33-15-20-12-21(17-33)25-6-3-7-26(36)34(25)16-20/h2-11,13,20-21H,12,14-18H2,1H3,(H,32,37,39)/t20-,21+,30+/m1/s1. The van der Waals surface area contributed by atoms with Crippen molar-refractivity contribution >= 4 is 35.1 Å². The number of fused-ring (bicyclic) bond motifs is 4. The molecule has 0 unspecified atom stereocenters. The quantitative estimate of drug-likeness (QED) is 0.464. The van der Waals surface area contributed by atoms with Crippen LogP contribution in [-0.4, -0.2) is 54.1 Å². The molecule has 0 radical (unpaired) electrons. The zero-order valence-electron chi connectivity index (χ0n) is 22.0. The lowest BCUT2D eigenvalue weighted by molar-refractivity contribution is -0.144. The second-order valence-electron chi connectivity index (χ2n) is 10.9. The fourth-order valence-electron chi connectivity index (χ4n) is 6.48. The van der Waals surface area contributed by atoms with E-state index < -0.39 is 23.3 Å². The summed E-state index contributed by atoms with van der Waals surface area (Å²) in [5.41, 5.74) is 0.457. The van der Waals surface area contributed by atoms with Crippen LogP contribution in [0.2, 0.25) is 5.02 Å². The summed E-state index contributed by atoms with van der Waals surface area (Å²) in [6.07, 6.45) is 1.03. The highest BCUT2D eigenvalue weighted by molar-refractivity contribution is 6.32. The van der Waals surface area contributed by atoms with E-state index in [1.807, 2.05) is 22.8 Å². The zero-order valence-corrected chi connectivity index (χ0v) is 22.8. The third kappa shape index (κ3) is 4.59. The lowest BCUT2D eigenvalue weighted by Gasteiger charge is -2.47. The molecular formula is C30H29ClN4O5. The molecule has 3 aliphatic heterocycles. The van der Waals surface area contributed by atoms with E-state index in [4.69, 9.17) is 16.3 Å². The number of imide groups is 2. The number of nitrogens with zero attached hydrogens (tertiary/aromatic N) is 3. The third-order valence-electron chi connectivity index (χ3n) is 8.25. The van der Waals surface area contributed by atoms with E-state index >= 15 is 0 Å². The number of anilines is 1. The summed E-state index contributed by atoms with van der Waals surface area (Å²) >= 11 is 6.20. The number of rotatable bonds is 6. The van der Waals surface area contributed by atoms with Gasteiger partial charge in [-0.25, -0.2) is 9.69 Å². The average molecular weight is 561 g/mol. The molecule has 0 aliphatic carbocycles. The fraction of sp³-hybridized carbons (Fsp3) is 0.333. The fourth-order valence-corrected chi connectivity index (χ4v) is 6.66. The van der Waals surface area contributed by atoms with Gasteiger partial charge in [0.15, 0.2) is 0 Å². The monoisotopic (exact) mass is 560 g/mol. The van der Waals surface area contributed by atoms with E-state index in [9.17, 15) is 19.2 Å². The Kier molecular flexibility index (Phi) is 6.72. The van der Waals surface area contributed by atoms with Crippen molar-refractivity contribution in [3.8, 4) is 5.75 Å². The molecule has 2 saturated heterocycles. The number of benzene rings is 2. The van der Waals surface area contributed by atoms with Crippen LogP contribution >= 0.6 is 11.6 Å². The zero-order chi connectivity index (χ0) is 28.0. The molecule has 2 aromatic carbocycles. The molecule has 3 aliphatic rings. The molecule has 3 aromatic rings. The van der Waals surface area contributed by atoms with E-state index in [-0.39, 0.29) is 30.4 Å². The van der Waals surface area contributed by atoms with Gasteiger partial charge >= 0.3 is 6.03 Å². The van der Waals surface area contributed by atoms with Crippen LogP contribution in [0.1, 0.15) is 23.6 Å². The summed E-state index contributed by atoms with van der Waals surface area (Å²) in [4.78, 5) is 56.9. The smallest absolute Gasteiger partial charge is 0.335 e. The van der Waals surface area contributed by atoms with Gasteiger partial charge in [0, 0.05) is 48.9 Å². The van der Waals surface area contributed by atoms with Crippen molar-refractivity contribution in [1.82, 2.24) is 14.8 Å². The Hall–Kier alpha value is -3.95. The van der Waals surface area contributed by atoms with Gasteiger partial charge in [-0.3, -0.25) is 19.7 Å². The highest BCUT2D eigenvalue weighted by Gasteiger charge is 2.55. The van der Waals surface area contributed by atoms with Gasteiger partial charge in [0.1, 0.15) is 11.2 Å². The van der Waals surface area contributed by atoms with E-state index in [0.29, 0.717) is 36.1 Å². The van der Waals surface area contributed by atoms with Gasteiger partial charge < -0.3 is 14.2 Å². The van der Waals surface area contributed by atoms with Crippen molar-refractivity contribution in [3.05, 3.63) is 93.4 Å². The Morgan fingerprint density at radius 3 is 2.50 bits per heavy atom. The molecule has 6 rings (SSSR count). The first-order chi connectivity index (χ1) is 19.3. The van der Waals surface area contributed by atoms with Gasteiger partial charge in [-0.05, 0) is 60.7 Å². The summed E-state index contributed by atoms with van der Waals surface area (Å²) in [6.45, 7) is 1.95. The number of carbonyl (C=O) groups is 3. The number of hydrogen-bond donors (Lipinski definition) is 1. The van der Waals surface area contributed by atoms with Gasteiger partial charge in [0.05, 0.1) is 12.8 Å². The van der Waals surface area contributed by atoms with Crippen LogP contribution in [0.4, 0.5) is 10.5 Å². The number of ether oxygens (including phenoxy) is 1. The molecule has 10 heteroatoms. The molecule has 206 valence electrons. The van der Waals surface area contributed by atoms with E-state index in [1.54, 1.807) is 49.6 Å². The Bertz CT molecular complexity index is 1550. The second kappa shape index (κ2) is 10.2. The second-order valence-corrected chi connectivity index (χ2v) is 11.3. The minimum Gasteiger partial charge on any atom is -0.497 e. The first-order valence-corrected chi connectivity index (χ1v) is 13.7. The minimum atomic E-state index is -1.58. The number of barbiturate groups is 1. The predicted octanol–water partition coefficient (Wildman–Crippen LogP) is 3.44. The lowest BCUT2D eigenvalue weighted by Crippen LogP contribution is -2.68. The molecule has 0 spiro atoms. The topological polar surface area (TPSA) is 101 Å². The third-order valence-corrected chi connectivity index (χ3v) is 8.49. The number of amides is 4. The molecule has 4 heterocycles. The van der Waals surface area contributed by atoms with Gasteiger partial charge in [-0.15, -0.1) is 0 Å². The van der Waals surface area contributed by atoms with Crippen molar-refractivity contribution in [2.45, 2.75) is 25.3 Å². The molecule has 0 saturated carbocycles. The number of likely N-dealkylation sites (tertiary alicyclic amines) is 1. The van der Waals surface area contributed by atoms with Crippen molar-refractivity contribution in [1.29, 1.82) is 0 Å². The summed E-state index contributed by atoms with van der Waals surface area (Å²) in [6, 6.07) is 18.2. The molecule has 1 N–H and O–H groups in total. The number of nitrogens with one attached hydrogen (secondary N) is 1. The molecule has 2 bridgehead atoms. The largest absolute Gasteiger partial charge is 0.497 e. The van der Waals surface area contributed by atoms with Crippen molar-refractivity contribution < 1.29 is 19.1 Å². The number of halogens is 1. The Morgan fingerprint density at radius 2 is 1.75 bits per heavy atom. The number of pyridine rings is 1. The van der Waals surface area contributed by atoms with Gasteiger partial charge in [0.25, 0.3) is 11.5 Å². The van der Waals surface area contributed by atoms with Crippen LogP contribution in [0.5, 0.6) is 5.75 Å². The van der Waals surface area contributed by atoms with Crippen LogP contribution < -0.4 is 20.5 Å². The average Bonchev–Trinajstić information content (AvgIpc) is 2.93. The number of carbonyl (C=O) groups excluding carboxylic acids is 3. The summed E-state index contributed by atoms with van der Waals surface area (Å²) in [5, 5.41) is 2.83. The van der Waals surface area contributed by atoms with Crippen molar-refractivity contribution in [3.63, 3.8) is 0 Å². The highest BCUT2D eigenvalue weighted by Crippen LogP contribution is 2.39. The van der Waals surface area contributed by atoms with E-state index in [2.05, 4.69) is 10.2 Å². The lowest BCUT2D eigenvalue weighted by atomic mass is 9.75. The van der Waals surface area contributed by atoms with Gasteiger partial charge in [-0.2, -0.15) is 0 Å². The van der Waals surface area contributed by atoms with Crippen LogP contribution in [-0.2, 0) is 22.6 Å². The molecule has 9 nitrogen and oxygen atoms in total. The van der Waals surface area contributed by atoms with Crippen LogP contribution in [0.25, 0.3) is 0 Å². The van der Waals surface area contributed by atoms with E-state index in [0.717, 1.165) is 22.6 Å². The van der Waals surface area contributed by atoms with Crippen molar-refractivity contribution in [2.24, 2.45) is 11.3 Å². The Balaban J connectivity index is 1.38. The number of hydrogen-bond acceptors (Lipinski definition) is 6. The molecule has 3 atom stereocenters. The Labute approximate surface area is 236 Å². The summed E-state index contributed by atoms with van der Waals surface area (Å²) in [5.74, 6) is -0.245. The van der Waals surface area contributed by atoms with Gasteiger partial charge in [0.2, 0.25) is 5.91 Å². The molecule has 2 fully saturated rings. The normalized spacial score (nSPS) is 24.4.